The number of nitrogens with one attached hydrogen (secondary N) is 1. The largest absolute Gasteiger partial charge is 0.465 e. The SMILES string of the molecule is C=CCN1CCC(NC2(C(=O)CC)C=CC=CC2)(C(=O)OCC)CC1. The second kappa shape index (κ2) is 8.59. The first-order chi connectivity index (χ1) is 12.0. The van der Waals surface area contributed by atoms with Crippen LogP contribution in [-0.2, 0) is 14.3 Å². The lowest BCUT2D eigenvalue weighted by molar-refractivity contribution is -0.155. The molecule has 1 fully saturated rings. The van der Waals surface area contributed by atoms with Crippen LogP contribution in [0.25, 0.3) is 0 Å². The summed E-state index contributed by atoms with van der Waals surface area (Å²) < 4.78 is 5.39. The molecule has 1 unspecified atom stereocenters. The van der Waals surface area contributed by atoms with E-state index in [1.54, 1.807) is 0 Å². The molecule has 0 bridgehead atoms. The zero-order valence-corrected chi connectivity index (χ0v) is 15.4. The van der Waals surface area contributed by atoms with Crippen molar-refractivity contribution < 1.29 is 14.3 Å². The fourth-order valence-electron chi connectivity index (χ4n) is 3.68. The maximum atomic E-state index is 12.8. The van der Waals surface area contributed by atoms with E-state index < -0.39 is 11.1 Å². The van der Waals surface area contributed by atoms with Crippen LogP contribution in [0.4, 0.5) is 0 Å². The second-order valence-electron chi connectivity index (χ2n) is 6.76. The number of ketones is 1. The quantitative estimate of drug-likeness (QED) is 0.540. The minimum atomic E-state index is -0.825. The normalized spacial score (nSPS) is 25.5. The first-order valence-corrected chi connectivity index (χ1v) is 9.19. The Labute approximate surface area is 150 Å². The summed E-state index contributed by atoms with van der Waals surface area (Å²) in [6, 6.07) is 0. The molecule has 138 valence electrons. The fraction of sp³-hybridized carbons (Fsp3) is 0.600. The van der Waals surface area contributed by atoms with E-state index in [1.807, 2.05) is 44.2 Å². The van der Waals surface area contributed by atoms with E-state index in [0.717, 1.165) is 19.6 Å². The van der Waals surface area contributed by atoms with Gasteiger partial charge in [0.2, 0.25) is 0 Å². The third-order valence-electron chi connectivity index (χ3n) is 5.11. The molecule has 1 aliphatic heterocycles. The highest BCUT2D eigenvalue weighted by Crippen LogP contribution is 2.31. The number of allylic oxidation sites excluding steroid dienone is 2. The van der Waals surface area contributed by atoms with Crippen LogP contribution in [-0.4, -0.2) is 54.0 Å². The highest BCUT2D eigenvalue weighted by Gasteiger charge is 2.49. The van der Waals surface area contributed by atoms with Gasteiger partial charge in [0.05, 0.1) is 6.61 Å². The fourth-order valence-corrected chi connectivity index (χ4v) is 3.68. The Morgan fingerprint density at radius 1 is 1.28 bits per heavy atom. The average Bonchev–Trinajstić information content (AvgIpc) is 2.64. The van der Waals surface area contributed by atoms with Crippen molar-refractivity contribution in [3.05, 3.63) is 37.0 Å². The number of ether oxygens (including phenoxy) is 1. The Morgan fingerprint density at radius 3 is 2.52 bits per heavy atom. The van der Waals surface area contributed by atoms with Crippen molar-refractivity contribution >= 4 is 11.8 Å². The van der Waals surface area contributed by atoms with Crippen molar-refractivity contribution in [3.63, 3.8) is 0 Å². The Balaban J connectivity index is 2.28. The summed E-state index contributed by atoms with van der Waals surface area (Å²) in [4.78, 5) is 27.8. The van der Waals surface area contributed by atoms with Gasteiger partial charge < -0.3 is 4.74 Å². The maximum absolute atomic E-state index is 12.8. The minimum Gasteiger partial charge on any atom is -0.465 e. The van der Waals surface area contributed by atoms with Crippen LogP contribution < -0.4 is 5.32 Å². The van der Waals surface area contributed by atoms with Gasteiger partial charge >= 0.3 is 5.97 Å². The first kappa shape index (κ1) is 19.6. The Morgan fingerprint density at radius 2 is 2.00 bits per heavy atom. The van der Waals surface area contributed by atoms with E-state index in [2.05, 4.69) is 16.8 Å². The van der Waals surface area contributed by atoms with Gasteiger partial charge in [0.15, 0.2) is 5.78 Å². The lowest BCUT2D eigenvalue weighted by Crippen LogP contribution is -2.67. The smallest absolute Gasteiger partial charge is 0.326 e. The predicted molar refractivity (Wildman–Crippen MR) is 99.3 cm³/mol. The molecule has 1 saturated heterocycles. The van der Waals surface area contributed by atoms with Gasteiger partial charge in [0.25, 0.3) is 0 Å². The number of carbonyl (C=O) groups is 2. The molecule has 1 atom stereocenters. The highest BCUT2D eigenvalue weighted by molar-refractivity contribution is 5.92. The van der Waals surface area contributed by atoms with Crippen molar-refractivity contribution in [2.75, 3.05) is 26.2 Å². The number of piperidine rings is 1. The van der Waals surface area contributed by atoms with Crippen molar-refractivity contribution in [1.29, 1.82) is 0 Å². The van der Waals surface area contributed by atoms with Gasteiger partial charge in [-0.1, -0.05) is 37.3 Å². The number of carbonyl (C=O) groups excluding carboxylic acids is 2. The van der Waals surface area contributed by atoms with Gasteiger partial charge in [-0.25, -0.2) is 0 Å². The molecular weight excluding hydrogens is 316 g/mol. The standard InChI is InChI=1S/C20H30N2O3/c1-4-14-22-15-12-20(13-16-22,18(24)25-6-3)21-19(17(23)5-2)10-8-7-9-11-19/h4,7-10,21H,1,5-6,11-16H2,2-3H3. The van der Waals surface area contributed by atoms with E-state index in [0.29, 0.717) is 32.3 Å². The molecule has 5 nitrogen and oxygen atoms in total. The lowest BCUT2D eigenvalue weighted by Gasteiger charge is -2.45. The summed E-state index contributed by atoms with van der Waals surface area (Å²) in [6.07, 6.45) is 11.8. The Bertz CT molecular complexity index is 559. The van der Waals surface area contributed by atoms with Gasteiger partial charge in [0.1, 0.15) is 11.1 Å². The highest BCUT2D eigenvalue weighted by atomic mass is 16.5. The molecular formula is C20H30N2O3. The molecule has 0 saturated carbocycles. The van der Waals surface area contributed by atoms with E-state index in [9.17, 15) is 9.59 Å². The molecule has 0 aromatic heterocycles. The molecule has 0 aromatic rings. The molecule has 1 N–H and O–H groups in total. The van der Waals surface area contributed by atoms with Crippen molar-refractivity contribution in [2.24, 2.45) is 0 Å². The monoisotopic (exact) mass is 346 g/mol. The minimum absolute atomic E-state index is 0.102. The molecule has 0 amide bonds. The van der Waals surface area contributed by atoms with E-state index in [4.69, 9.17) is 4.74 Å². The van der Waals surface area contributed by atoms with Crippen LogP contribution in [0.5, 0.6) is 0 Å². The summed E-state index contributed by atoms with van der Waals surface area (Å²) in [6.45, 7) is 10.1. The summed E-state index contributed by atoms with van der Waals surface area (Å²) in [5.74, 6) is -0.148. The summed E-state index contributed by atoms with van der Waals surface area (Å²) in [5, 5.41) is 3.47. The maximum Gasteiger partial charge on any atom is 0.326 e. The van der Waals surface area contributed by atoms with E-state index >= 15 is 0 Å². The van der Waals surface area contributed by atoms with Crippen LogP contribution in [0, 0.1) is 0 Å². The molecule has 1 aliphatic carbocycles. The molecule has 5 heteroatoms. The van der Waals surface area contributed by atoms with Crippen molar-refractivity contribution in [2.45, 2.75) is 50.6 Å². The van der Waals surface area contributed by atoms with Crippen molar-refractivity contribution in [1.82, 2.24) is 10.2 Å². The number of Topliss-reactive ketones (excluding diaryl/α,β-unsaturated/α-hetero) is 1. The average molecular weight is 346 g/mol. The second-order valence-corrected chi connectivity index (χ2v) is 6.76. The van der Waals surface area contributed by atoms with Crippen LogP contribution in [0.3, 0.4) is 0 Å². The molecule has 25 heavy (non-hydrogen) atoms. The van der Waals surface area contributed by atoms with Crippen molar-refractivity contribution in [3.8, 4) is 0 Å². The van der Waals surface area contributed by atoms with E-state index in [-0.39, 0.29) is 11.8 Å². The molecule has 2 aliphatic rings. The third kappa shape index (κ3) is 4.28. The number of hydrogen-bond acceptors (Lipinski definition) is 5. The molecule has 2 rings (SSSR count). The Kier molecular flexibility index (Phi) is 6.73. The van der Waals surface area contributed by atoms with E-state index in [1.165, 1.54) is 0 Å². The summed E-state index contributed by atoms with van der Waals surface area (Å²) in [5.41, 5.74) is -1.65. The van der Waals surface area contributed by atoms with Gasteiger partial charge in [-0.05, 0) is 26.2 Å². The van der Waals surface area contributed by atoms with Crippen LogP contribution in [0.15, 0.2) is 37.0 Å². The zero-order chi connectivity index (χ0) is 18.3. The number of rotatable bonds is 8. The summed E-state index contributed by atoms with van der Waals surface area (Å²) in [7, 11) is 0. The third-order valence-corrected chi connectivity index (χ3v) is 5.11. The molecule has 0 radical (unpaired) electrons. The summed E-state index contributed by atoms with van der Waals surface area (Å²) >= 11 is 0. The topological polar surface area (TPSA) is 58.6 Å². The number of esters is 1. The van der Waals surface area contributed by atoms with Gasteiger partial charge in [-0.15, -0.1) is 6.58 Å². The van der Waals surface area contributed by atoms with Gasteiger partial charge in [-0.2, -0.15) is 0 Å². The first-order valence-electron chi connectivity index (χ1n) is 9.19. The number of hydrogen-bond donors (Lipinski definition) is 1. The number of nitrogens with zero attached hydrogens (tertiary/aromatic N) is 1. The molecule has 0 aromatic carbocycles. The zero-order valence-electron chi connectivity index (χ0n) is 15.4. The molecule has 0 spiro atoms. The van der Waals surface area contributed by atoms with Crippen LogP contribution >= 0.6 is 0 Å². The molecule has 1 heterocycles. The van der Waals surface area contributed by atoms with Crippen LogP contribution in [0.1, 0.15) is 39.5 Å². The van der Waals surface area contributed by atoms with Crippen LogP contribution in [0.2, 0.25) is 0 Å². The predicted octanol–water partition coefficient (Wildman–Crippen LogP) is 2.39. The lowest BCUT2D eigenvalue weighted by atomic mass is 9.79. The van der Waals surface area contributed by atoms with Gasteiger partial charge in [0, 0.05) is 26.1 Å². The Hall–Kier alpha value is -1.72. The number of likely N-dealkylation sites (tertiary alicyclic amines) is 1. The van der Waals surface area contributed by atoms with Gasteiger partial charge in [-0.3, -0.25) is 19.8 Å².